The summed E-state index contributed by atoms with van der Waals surface area (Å²) in [5.41, 5.74) is -0.871. The fourth-order valence-corrected chi connectivity index (χ4v) is 4.34. The van der Waals surface area contributed by atoms with E-state index in [1.54, 1.807) is 30.3 Å². The lowest BCUT2D eigenvalue weighted by Gasteiger charge is -2.12. The van der Waals surface area contributed by atoms with Gasteiger partial charge in [-0.25, -0.2) is 0 Å². The fourth-order valence-electron chi connectivity index (χ4n) is 3.06. The van der Waals surface area contributed by atoms with Gasteiger partial charge in [-0.05, 0) is 41.9 Å². The van der Waals surface area contributed by atoms with E-state index in [1.807, 2.05) is 0 Å². The van der Waals surface area contributed by atoms with Gasteiger partial charge in [0.2, 0.25) is 11.2 Å². The molecule has 4 aromatic rings. The van der Waals surface area contributed by atoms with Gasteiger partial charge in [0, 0.05) is 5.56 Å². The predicted octanol–water partition coefficient (Wildman–Crippen LogP) is 4.26. The minimum absolute atomic E-state index is 0.139. The van der Waals surface area contributed by atoms with Crippen LogP contribution in [0.1, 0.15) is 0 Å². The average molecular weight is 579 g/mol. The van der Waals surface area contributed by atoms with Crippen molar-refractivity contribution in [3.05, 3.63) is 65.9 Å². The summed E-state index contributed by atoms with van der Waals surface area (Å²) in [5.74, 6) is -1.37. The van der Waals surface area contributed by atoms with Crippen molar-refractivity contribution in [2.24, 2.45) is 10.2 Å². The first-order valence-corrected chi connectivity index (χ1v) is 13.4. The van der Waals surface area contributed by atoms with Crippen molar-refractivity contribution < 1.29 is 36.2 Å². The number of aromatic hydroxyl groups is 2. The third kappa shape index (κ3) is 6.01. The van der Waals surface area contributed by atoms with E-state index in [9.17, 15) is 36.2 Å². The molecule has 3 aromatic carbocycles. The smallest absolute Gasteiger partial charge is 0.296 e. The summed E-state index contributed by atoms with van der Waals surface area (Å²) in [5, 5.41) is 30.4. The third-order valence-corrected chi connectivity index (χ3v) is 6.69. The molecule has 0 atom stereocenters. The van der Waals surface area contributed by atoms with E-state index in [1.165, 1.54) is 0 Å². The maximum Gasteiger partial charge on any atom is 0.296 e. The van der Waals surface area contributed by atoms with E-state index in [0.717, 1.165) is 30.3 Å². The Balaban J connectivity index is 1.78. The van der Waals surface area contributed by atoms with Gasteiger partial charge in [-0.1, -0.05) is 30.3 Å². The minimum atomic E-state index is -4.94. The Morgan fingerprint density at radius 1 is 0.816 bits per heavy atom. The fraction of sp³-hybridized carbons (Fsp3) is 0. The highest BCUT2D eigenvalue weighted by Crippen LogP contribution is 2.42. The van der Waals surface area contributed by atoms with Crippen molar-refractivity contribution in [2.45, 2.75) is 9.79 Å². The number of nitrogens with zero attached hydrogens (tertiary/aromatic N) is 5. The van der Waals surface area contributed by atoms with Crippen LogP contribution in [-0.4, -0.2) is 51.1 Å². The van der Waals surface area contributed by atoms with E-state index in [4.69, 9.17) is 11.6 Å². The summed E-state index contributed by atoms with van der Waals surface area (Å²) in [6.07, 6.45) is 0. The molecule has 0 saturated heterocycles. The summed E-state index contributed by atoms with van der Waals surface area (Å²) in [4.78, 5) is 10.7. The molecule has 14 nitrogen and oxygen atoms in total. The summed E-state index contributed by atoms with van der Waals surface area (Å²) >= 11 is 6.00. The number of anilines is 2. The molecule has 0 unspecified atom stereocenters. The Morgan fingerprint density at radius 2 is 1.53 bits per heavy atom. The molecular weight excluding hydrogens is 564 g/mol. The van der Waals surface area contributed by atoms with Crippen molar-refractivity contribution in [1.29, 1.82) is 0 Å². The summed E-state index contributed by atoms with van der Waals surface area (Å²) < 4.78 is 65.4. The molecular formula is C21H15ClN6O8S2. The Kier molecular flexibility index (Phi) is 7.25. The SMILES string of the molecule is O=S(=O)(O)c1ccc(O)c(N=Nc2c(S(=O)(=O)O)ccc(Nc3nc(Cl)nc(-c4ccccc4)n3)c2O)c1. The standard InChI is InChI=1S/C21H15ClN6O8S2/c22-20-24-19(11-4-2-1-3-5-11)25-21(26-20)23-13-7-9-16(38(34,35)36)17(18(13)30)28-27-14-10-12(37(31,32)33)6-8-15(14)29/h1-10,29-30H,(H,31,32,33)(H,34,35,36)(H,23,24,25,26). The van der Waals surface area contributed by atoms with Crippen molar-refractivity contribution >= 4 is 54.8 Å². The first-order chi connectivity index (χ1) is 17.8. The zero-order valence-electron chi connectivity index (χ0n) is 18.6. The highest BCUT2D eigenvalue weighted by molar-refractivity contribution is 7.86. The Hall–Kier alpha value is -4.22. The molecule has 17 heteroatoms. The Bertz CT molecular complexity index is 1790. The zero-order valence-corrected chi connectivity index (χ0v) is 21.0. The van der Waals surface area contributed by atoms with Crippen LogP contribution in [0.25, 0.3) is 11.4 Å². The van der Waals surface area contributed by atoms with Crippen LogP contribution in [0.4, 0.5) is 23.0 Å². The second-order valence-electron chi connectivity index (χ2n) is 7.35. The van der Waals surface area contributed by atoms with Crippen LogP contribution in [0.5, 0.6) is 11.5 Å². The summed E-state index contributed by atoms with van der Waals surface area (Å²) in [6.45, 7) is 0. The second-order valence-corrected chi connectivity index (χ2v) is 10.5. The lowest BCUT2D eigenvalue weighted by Crippen LogP contribution is -2.03. The van der Waals surface area contributed by atoms with Gasteiger partial charge < -0.3 is 15.5 Å². The average Bonchev–Trinajstić information content (AvgIpc) is 2.84. The normalized spacial score (nSPS) is 12.1. The molecule has 5 N–H and O–H groups in total. The number of hydrogen-bond donors (Lipinski definition) is 5. The summed E-state index contributed by atoms with van der Waals surface area (Å²) in [6, 6.07) is 13.2. The third-order valence-electron chi connectivity index (χ3n) is 4.78. The van der Waals surface area contributed by atoms with Crippen molar-refractivity contribution in [3.63, 3.8) is 0 Å². The van der Waals surface area contributed by atoms with Gasteiger partial charge in [0.25, 0.3) is 20.2 Å². The molecule has 0 aliphatic heterocycles. The number of nitrogens with one attached hydrogen (secondary N) is 1. The minimum Gasteiger partial charge on any atom is -0.506 e. The van der Waals surface area contributed by atoms with Gasteiger partial charge in [-0.2, -0.15) is 31.8 Å². The lowest BCUT2D eigenvalue weighted by molar-refractivity contribution is 0.468. The molecule has 0 amide bonds. The number of halogens is 1. The lowest BCUT2D eigenvalue weighted by atomic mass is 10.2. The molecule has 196 valence electrons. The highest BCUT2D eigenvalue weighted by atomic mass is 35.5. The molecule has 0 radical (unpaired) electrons. The van der Waals surface area contributed by atoms with E-state index < -0.39 is 52.9 Å². The number of azo groups is 1. The van der Waals surface area contributed by atoms with Gasteiger partial charge in [0.15, 0.2) is 17.3 Å². The van der Waals surface area contributed by atoms with Crippen LogP contribution in [-0.2, 0) is 20.2 Å². The van der Waals surface area contributed by atoms with Crippen LogP contribution in [0, 0.1) is 0 Å². The van der Waals surface area contributed by atoms with Gasteiger partial charge >= 0.3 is 0 Å². The van der Waals surface area contributed by atoms with Crippen LogP contribution in [0.3, 0.4) is 0 Å². The monoisotopic (exact) mass is 578 g/mol. The molecule has 0 fully saturated rings. The number of phenolic OH excluding ortho intramolecular Hbond substituents is 2. The van der Waals surface area contributed by atoms with E-state index in [-0.39, 0.29) is 22.7 Å². The van der Waals surface area contributed by atoms with Crippen molar-refractivity contribution in [1.82, 2.24) is 15.0 Å². The Morgan fingerprint density at radius 3 is 2.18 bits per heavy atom. The van der Waals surface area contributed by atoms with E-state index in [2.05, 4.69) is 30.5 Å². The Labute approximate surface area is 219 Å². The first kappa shape index (κ1) is 26.8. The van der Waals surface area contributed by atoms with Crippen molar-refractivity contribution in [2.75, 3.05) is 5.32 Å². The number of hydrogen-bond acceptors (Lipinski definition) is 12. The first-order valence-electron chi connectivity index (χ1n) is 10.1. The number of rotatable bonds is 7. The zero-order chi connectivity index (χ0) is 27.7. The van der Waals surface area contributed by atoms with Gasteiger partial charge in [-0.3, -0.25) is 9.11 Å². The predicted molar refractivity (Wildman–Crippen MR) is 134 cm³/mol. The maximum absolute atomic E-state index is 11.9. The summed E-state index contributed by atoms with van der Waals surface area (Å²) in [7, 11) is -9.61. The molecule has 38 heavy (non-hydrogen) atoms. The van der Waals surface area contributed by atoms with Crippen LogP contribution in [0.15, 0.2) is 80.7 Å². The van der Waals surface area contributed by atoms with E-state index >= 15 is 0 Å². The molecule has 4 rings (SSSR count). The van der Waals surface area contributed by atoms with E-state index in [0.29, 0.717) is 5.56 Å². The second kappa shape index (κ2) is 10.3. The van der Waals surface area contributed by atoms with Crippen molar-refractivity contribution in [3.8, 4) is 22.9 Å². The highest BCUT2D eigenvalue weighted by Gasteiger charge is 2.23. The molecule has 0 aliphatic carbocycles. The van der Waals surface area contributed by atoms with Crippen LogP contribution >= 0.6 is 11.6 Å². The number of benzene rings is 3. The van der Waals surface area contributed by atoms with Crippen LogP contribution < -0.4 is 5.32 Å². The molecule has 0 saturated carbocycles. The van der Waals surface area contributed by atoms with Gasteiger partial charge in [0.1, 0.15) is 16.3 Å². The maximum atomic E-state index is 11.9. The molecule has 0 bridgehead atoms. The molecule has 1 heterocycles. The largest absolute Gasteiger partial charge is 0.506 e. The molecule has 0 spiro atoms. The number of phenols is 2. The van der Waals surface area contributed by atoms with Gasteiger partial charge in [-0.15, -0.1) is 10.2 Å². The quantitative estimate of drug-likeness (QED) is 0.118. The molecule has 0 aliphatic rings. The molecule has 1 aromatic heterocycles. The van der Waals surface area contributed by atoms with Crippen LogP contribution in [0.2, 0.25) is 5.28 Å². The number of aromatic nitrogens is 3. The topological polar surface area (TPSA) is 225 Å². The van der Waals surface area contributed by atoms with Gasteiger partial charge in [0.05, 0.1) is 10.6 Å².